The second kappa shape index (κ2) is 5.84. The summed E-state index contributed by atoms with van der Waals surface area (Å²) in [6, 6.07) is 4.31. The molecule has 1 amide bonds. The molecule has 2 aliphatic rings. The van der Waals surface area contributed by atoms with Gasteiger partial charge in [-0.25, -0.2) is 4.79 Å². The van der Waals surface area contributed by atoms with Gasteiger partial charge in [-0.15, -0.1) is 0 Å². The first kappa shape index (κ1) is 14.6. The standard InChI is InChI=1S/C15H17NO6/c17-10-3-1-4-11(13(10)15(19)20)22-9-7-16(8-9)14(18)12-5-2-6-21-12/h1,3-4,9,12,17H,2,5-8H2,(H,19,20)/t12-/m0/s1. The minimum atomic E-state index is -1.25. The zero-order chi connectivity index (χ0) is 15.7. The van der Waals surface area contributed by atoms with Crippen LogP contribution >= 0.6 is 0 Å². The Balaban J connectivity index is 1.59. The van der Waals surface area contributed by atoms with Crippen LogP contribution in [0.2, 0.25) is 0 Å². The van der Waals surface area contributed by atoms with Crippen molar-refractivity contribution in [3.8, 4) is 11.5 Å². The van der Waals surface area contributed by atoms with E-state index in [1.54, 1.807) is 4.90 Å². The van der Waals surface area contributed by atoms with Gasteiger partial charge in [0.05, 0.1) is 13.1 Å². The van der Waals surface area contributed by atoms with E-state index in [1.165, 1.54) is 18.2 Å². The lowest BCUT2D eigenvalue weighted by Gasteiger charge is -2.40. The molecule has 1 atom stereocenters. The van der Waals surface area contributed by atoms with Crippen molar-refractivity contribution in [2.75, 3.05) is 19.7 Å². The molecule has 3 rings (SSSR count). The quantitative estimate of drug-likeness (QED) is 0.856. The average Bonchev–Trinajstić information content (AvgIpc) is 2.95. The predicted octanol–water partition coefficient (Wildman–Crippen LogP) is 0.859. The van der Waals surface area contributed by atoms with E-state index in [4.69, 9.17) is 14.6 Å². The van der Waals surface area contributed by atoms with Crippen LogP contribution in [0.4, 0.5) is 0 Å². The summed E-state index contributed by atoms with van der Waals surface area (Å²) < 4.78 is 10.9. The molecule has 2 heterocycles. The van der Waals surface area contributed by atoms with Crippen LogP contribution in [0.5, 0.6) is 11.5 Å². The normalized spacial score (nSPS) is 21.5. The summed E-state index contributed by atoms with van der Waals surface area (Å²) in [7, 11) is 0. The van der Waals surface area contributed by atoms with Gasteiger partial charge in [-0.05, 0) is 25.0 Å². The summed E-state index contributed by atoms with van der Waals surface area (Å²) in [6.45, 7) is 1.41. The summed E-state index contributed by atoms with van der Waals surface area (Å²) >= 11 is 0. The lowest BCUT2D eigenvalue weighted by Crippen LogP contribution is -2.58. The van der Waals surface area contributed by atoms with Crippen LogP contribution in [0.25, 0.3) is 0 Å². The number of carboxylic acids is 1. The highest BCUT2D eigenvalue weighted by atomic mass is 16.5. The molecule has 118 valence electrons. The molecule has 0 bridgehead atoms. The van der Waals surface area contributed by atoms with Gasteiger partial charge in [0.2, 0.25) is 0 Å². The van der Waals surface area contributed by atoms with Gasteiger partial charge < -0.3 is 24.6 Å². The van der Waals surface area contributed by atoms with Crippen LogP contribution in [0.1, 0.15) is 23.2 Å². The average molecular weight is 307 g/mol. The first-order valence-corrected chi connectivity index (χ1v) is 7.18. The Bertz CT molecular complexity index is 590. The highest BCUT2D eigenvalue weighted by Gasteiger charge is 2.37. The SMILES string of the molecule is O=C(O)c1c(O)cccc1OC1CN(C(=O)[C@@H]2CCCO2)C1. The van der Waals surface area contributed by atoms with E-state index < -0.39 is 5.97 Å². The van der Waals surface area contributed by atoms with E-state index in [-0.39, 0.29) is 35.2 Å². The monoisotopic (exact) mass is 307 g/mol. The van der Waals surface area contributed by atoms with Gasteiger partial charge >= 0.3 is 5.97 Å². The minimum absolute atomic E-state index is 0.0354. The van der Waals surface area contributed by atoms with Gasteiger partial charge in [-0.2, -0.15) is 0 Å². The van der Waals surface area contributed by atoms with Crippen molar-refractivity contribution in [1.82, 2.24) is 4.90 Å². The summed E-state index contributed by atoms with van der Waals surface area (Å²) in [5, 5.41) is 18.7. The molecule has 0 radical (unpaired) electrons. The maximum Gasteiger partial charge on any atom is 0.343 e. The zero-order valence-electron chi connectivity index (χ0n) is 11.9. The maximum absolute atomic E-state index is 12.1. The Morgan fingerprint density at radius 3 is 2.73 bits per heavy atom. The summed E-state index contributed by atoms with van der Waals surface area (Å²) in [5.74, 6) is -1.51. The molecule has 2 aliphatic heterocycles. The molecule has 0 aliphatic carbocycles. The van der Waals surface area contributed by atoms with Crippen molar-refractivity contribution >= 4 is 11.9 Å². The molecular formula is C15H17NO6. The predicted molar refractivity (Wildman–Crippen MR) is 75.0 cm³/mol. The number of nitrogens with zero attached hydrogens (tertiary/aromatic N) is 1. The van der Waals surface area contributed by atoms with Crippen molar-refractivity contribution in [3.63, 3.8) is 0 Å². The van der Waals surface area contributed by atoms with Gasteiger partial charge in [-0.1, -0.05) is 6.07 Å². The van der Waals surface area contributed by atoms with E-state index in [0.29, 0.717) is 19.7 Å². The first-order valence-electron chi connectivity index (χ1n) is 7.18. The fourth-order valence-corrected chi connectivity index (χ4v) is 2.68. The Hall–Kier alpha value is -2.28. The van der Waals surface area contributed by atoms with E-state index in [0.717, 1.165) is 12.8 Å². The number of carbonyl (C=O) groups excluding carboxylic acids is 1. The van der Waals surface area contributed by atoms with Crippen LogP contribution in [0, 0.1) is 0 Å². The van der Waals surface area contributed by atoms with Crippen molar-refractivity contribution in [2.24, 2.45) is 0 Å². The highest BCUT2D eigenvalue weighted by molar-refractivity contribution is 5.94. The molecule has 7 heteroatoms. The number of aromatic hydroxyl groups is 1. The van der Waals surface area contributed by atoms with Crippen LogP contribution in [0.3, 0.4) is 0 Å². The Labute approximate surface area is 127 Å². The molecule has 0 saturated carbocycles. The topological polar surface area (TPSA) is 96.3 Å². The zero-order valence-corrected chi connectivity index (χ0v) is 11.9. The number of benzene rings is 1. The molecule has 22 heavy (non-hydrogen) atoms. The number of carboxylic acid groups (broad SMARTS) is 1. The van der Waals surface area contributed by atoms with Crippen LogP contribution < -0.4 is 4.74 Å². The molecule has 7 nitrogen and oxygen atoms in total. The fraction of sp³-hybridized carbons (Fsp3) is 0.467. The molecule has 2 fully saturated rings. The smallest absolute Gasteiger partial charge is 0.343 e. The number of phenols is 1. The van der Waals surface area contributed by atoms with Crippen LogP contribution in [-0.4, -0.2) is 58.9 Å². The fourth-order valence-electron chi connectivity index (χ4n) is 2.68. The number of rotatable bonds is 4. The molecule has 0 aromatic heterocycles. The van der Waals surface area contributed by atoms with Gasteiger partial charge in [-0.3, -0.25) is 4.79 Å². The third-order valence-electron chi connectivity index (χ3n) is 3.88. The lowest BCUT2D eigenvalue weighted by molar-refractivity contribution is -0.149. The maximum atomic E-state index is 12.1. The Morgan fingerprint density at radius 2 is 2.09 bits per heavy atom. The lowest BCUT2D eigenvalue weighted by atomic mass is 10.1. The number of likely N-dealkylation sites (tertiary alicyclic amines) is 1. The number of amides is 1. The van der Waals surface area contributed by atoms with Crippen molar-refractivity contribution in [3.05, 3.63) is 23.8 Å². The molecular weight excluding hydrogens is 290 g/mol. The number of hydrogen-bond donors (Lipinski definition) is 2. The summed E-state index contributed by atoms with van der Waals surface area (Å²) in [6.07, 6.45) is 1.02. The Morgan fingerprint density at radius 1 is 1.32 bits per heavy atom. The van der Waals surface area contributed by atoms with Crippen LogP contribution in [0.15, 0.2) is 18.2 Å². The first-order chi connectivity index (χ1) is 10.6. The van der Waals surface area contributed by atoms with Crippen molar-refractivity contribution in [1.29, 1.82) is 0 Å². The minimum Gasteiger partial charge on any atom is -0.507 e. The van der Waals surface area contributed by atoms with E-state index in [1.807, 2.05) is 0 Å². The molecule has 2 saturated heterocycles. The second-order valence-electron chi connectivity index (χ2n) is 5.44. The molecule has 0 spiro atoms. The van der Waals surface area contributed by atoms with Gasteiger partial charge in [0.25, 0.3) is 5.91 Å². The van der Waals surface area contributed by atoms with E-state index in [9.17, 15) is 14.7 Å². The Kier molecular flexibility index (Phi) is 3.89. The molecule has 1 aromatic rings. The number of ether oxygens (including phenoxy) is 2. The molecule has 2 N–H and O–H groups in total. The second-order valence-corrected chi connectivity index (χ2v) is 5.44. The molecule has 1 aromatic carbocycles. The van der Waals surface area contributed by atoms with E-state index >= 15 is 0 Å². The van der Waals surface area contributed by atoms with E-state index in [2.05, 4.69) is 0 Å². The third-order valence-corrected chi connectivity index (χ3v) is 3.88. The van der Waals surface area contributed by atoms with Gasteiger partial charge in [0.15, 0.2) is 0 Å². The van der Waals surface area contributed by atoms with Crippen molar-refractivity contribution < 1.29 is 29.3 Å². The number of carbonyl (C=O) groups is 2. The highest BCUT2D eigenvalue weighted by Crippen LogP contribution is 2.30. The third kappa shape index (κ3) is 2.71. The largest absolute Gasteiger partial charge is 0.507 e. The number of hydrogen-bond acceptors (Lipinski definition) is 5. The van der Waals surface area contributed by atoms with Gasteiger partial charge in [0, 0.05) is 6.61 Å². The summed E-state index contributed by atoms with van der Waals surface area (Å²) in [5.41, 5.74) is -0.258. The van der Waals surface area contributed by atoms with Crippen LogP contribution in [-0.2, 0) is 9.53 Å². The van der Waals surface area contributed by atoms with Crippen molar-refractivity contribution in [2.45, 2.75) is 25.0 Å². The molecule has 0 unspecified atom stereocenters. The summed E-state index contributed by atoms with van der Waals surface area (Å²) in [4.78, 5) is 24.9. The van der Waals surface area contributed by atoms with Gasteiger partial charge in [0.1, 0.15) is 29.3 Å². The number of aromatic carboxylic acids is 1.